The zero-order valence-corrected chi connectivity index (χ0v) is 25.7. The average molecular weight is 613 g/mol. The molecular weight excluding hydrogens is 580 g/mol. The number of benzene rings is 3. The molecule has 9 nitrogen and oxygen atoms in total. The van der Waals surface area contributed by atoms with E-state index < -0.39 is 12.0 Å². The molecule has 5 rings (SSSR count). The molecule has 0 spiro atoms. The highest BCUT2D eigenvalue weighted by atomic mass is 32.1. The van der Waals surface area contributed by atoms with Crippen LogP contribution in [0.1, 0.15) is 29.7 Å². The van der Waals surface area contributed by atoms with Crippen LogP contribution >= 0.6 is 11.3 Å². The van der Waals surface area contributed by atoms with Crippen LogP contribution in [0.5, 0.6) is 23.0 Å². The Morgan fingerprint density at radius 2 is 1.66 bits per heavy atom. The molecule has 1 aliphatic heterocycles. The van der Waals surface area contributed by atoms with Crippen LogP contribution in [0.15, 0.2) is 100 Å². The van der Waals surface area contributed by atoms with Crippen molar-refractivity contribution in [2.24, 2.45) is 4.99 Å². The first-order valence-corrected chi connectivity index (χ1v) is 14.6. The first-order chi connectivity index (χ1) is 21.4. The third kappa shape index (κ3) is 6.16. The third-order valence-corrected chi connectivity index (χ3v) is 8.00. The lowest BCUT2D eigenvalue weighted by Crippen LogP contribution is -2.40. The highest BCUT2D eigenvalue weighted by Crippen LogP contribution is 2.36. The van der Waals surface area contributed by atoms with E-state index in [0.29, 0.717) is 50.2 Å². The number of nitrogens with zero attached hydrogens (tertiary/aromatic N) is 2. The maximum atomic E-state index is 14.0. The molecule has 1 aliphatic rings. The minimum Gasteiger partial charge on any atom is -0.493 e. The van der Waals surface area contributed by atoms with E-state index in [4.69, 9.17) is 23.7 Å². The van der Waals surface area contributed by atoms with Gasteiger partial charge in [0, 0.05) is 0 Å². The molecule has 1 aromatic heterocycles. The average Bonchev–Trinajstić information content (AvgIpc) is 3.35. The van der Waals surface area contributed by atoms with E-state index in [-0.39, 0.29) is 17.7 Å². The molecule has 3 aromatic carbocycles. The number of methoxy groups -OCH3 is 3. The number of carbonyl (C=O) groups is 1. The largest absolute Gasteiger partial charge is 0.493 e. The Hall–Kier alpha value is -5.09. The Morgan fingerprint density at radius 1 is 0.955 bits per heavy atom. The molecule has 0 bridgehead atoms. The van der Waals surface area contributed by atoms with Gasteiger partial charge in [-0.3, -0.25) is 9.36 Å². The quantitative estimate of drug-likeness (QED) is 0.181. The van der Waals surface area contributed by atoms with Crippen LogP contribution in [0.3, 0.4) is 0 Å². The predicted octanol–water partition coefficient (Wildman–Crippen LogP) is 4.57. The summed E-state index contributed by atoms with van der Waals surface area (Å²) in [5, 5.41) is 0. The second kappa shape index (κ2) is 13.5. The summed E-state index contributed by atoms with van der Waals surface area (Å²) in [6.07, 6.45) is 3.25. The van der Waals surface area contributed by atoms with Gasteiger partial charge in [-0.2, -0.15) is 0 Å². The van der Waals surface area contributed by atoms with E-state index in [9.17, 15) is 9.59 Å². The molecule has 0 radical (unpaired) electrons. The molecule has 10 heteroatoms. The number of carbonyl (C=O) groups excluding carboxylic acids is 1. The van der Waals surface area contributed by atoms with Crippen LogP contribution in [-0.4, -0.2) is 38.5 Å². The van der Waals surface area contributed by atoms with E-state index in [2.05, 4.69) is 11.6 Å². The Kier molecular flexibility index (Phi) is 9.30. The third-order valence-electron chi connectivity index (χ3n) is 7.02. The van der Waals surface area contributed by atoms with E-state index in [0.717, 1.165) is 11.1 Å². The van der Waals surface area contributed by atoms with Gasteiger partial charge in [-0.25, -0.2) is 9.79 Å². The Morgan fingerprint density at radius 3 is 2.36 bits per heavy atom. The molecular formula is C34H32N2O7S. The summed E-state index contributed by atoms with van der Waals surface area (Å²) in [5.74, 6) is 1.51. The first kappa shape index (κ1) is 30.4. The maximum Gasteiger partial charge on any atom is 0.338 e. The van der Waals surface area contributed by atoms with Crippen LogP contribution in [0.25, 0.3) is 6.08 Å². The normalized spacial score (nSPS) is 14.4. The monoisotopic (exact) mass is 612 g/mol. The van der Waals surface area contributed by atoms with Crippen molar-refractivity contribution in [3.63, 3.8) is 0 Å². The summed E-state index contributed by atoms with van der Waals surface area (Å²) in [6.45, 7) is 5.74. The molecule has 226 valence electrons. The molecule has 44 heavy (non-hydrogen) atoms. The van der Waals surface area contributed by atoms with E-state index in [1.54, 1.807) is 58.6 Å². The van der Waals surface area contributed by atoms with Crippen LogP contribution in [0.4, 0.5) is 0 Å². The number of rotatable bonds is 11. The number of fused-ring (bicyclic) bond motifs is 1. The molecule has 1 atom stereocenters. The van der Waals surface area contributed by atoms with Crippen molar-refractivity contribution >= 4 is 23.4 Å². The fourth-order valence-corrected chi connectivity index (χ4v) is 5.96. The van der Waals surface area contributed by atoms with Crippen molar-refractivity contribution < 1.29 is 28.5 Å². The SMILES string of the molecule is C=CCOC(=O)C1=C(C)N=c2sc(=Cc3ccc(OC)c(OC)c3)c(=O)n2C1c1ccc(OCc2ccccc2)c(OC)c1. The predicted molar refractivity (Wildman–Crippen MR) is 168 cm³/mol. The minimum absolute atomic E-state index is 0.0155. The fourth-order valence-electron chi connectivity index (χ4n) is 4.91. The van der Waals surface area contributed by atoms with Crippen molar-refractivity contribution in [3.05, 3.63) is 127 Å². The number of hydrogen-bond acceptors (Lipinski definition) is 9. The van der Waals surface area contributed by atoms with Gasteiger partial charge in [0.25, 0.3) is 5.56 Å². The molecule has 0 saturated heterocycles. The molecule has 1 unspecified atom stereocenters. The minimum atomic E-state index is -0.826. The van der Waals surface area contributed by atoms with Gasteiger partial charge in [-0.15, -0.1) is 0 Å². The highest BCUT2D eigenvalue weighted by molar-refractivity contribution is 7.07. The second-order valence-electron chi connectivity index (χ2n) is 9.77. The summed E-state index contributed by atoms with van der Waals surface area (Å²) in [4.78, 5) is 32.5. The van der Waals surface area contributed by atoms with E-state index >= 15 is 0 Å². The van der Waals surface area contributed by atoms with Gasteiger partial charge < -0.3 is 23.7 Å². The summed E-state index contributed by atoms with van der Waals surface area (Å²) in [6, 6.07) is 19.7. The summed E-state index contributed by atoms with van der Waals surface area (Å²) >= 11 is 1.23. The number of esters is 1. The smallest absolute Gasteiger partial charge is 0.338 e. The number of ether oxygens (including phenoxy) is 5. The topological polar surface area (TPSA) is 97.6 Å². The van der Waals surface area contributed by atoms with Gasteiger partial charge in [-0.05, 0) is 54.0 Å². The van der Waals surface area contributed by atoms with E-state index in [1.165, 1.54) is 22.0 Å². The lowest BCUT2D eigenvalue weighted by atomic mass is 9.95. The summed E-state index contributed by atoms with van der Waals surface area (Å²) in [5.41, 5.74) is 2.77. The molecule has 0 aliphatic carbocycles. The molecule has 0 saturated carbocycles. The molecule has 4 aromatic rings. The highest BCUT2D eigenvalue weighted by Gasteiger charge is 2.34. The maximum absolute atomic E-state index is 14.0. The fraction of sp³-hybridized carbons (Fsp3) is 0.206. The number of aromatic nitrogens is 1. The second-order valence-corrected chi connectivity index (χ2v) is 10.8. The summed E-state index contributed by atoms with van der Waals surface area (Å²) < 4.78 is 29.9. The van der Waals surface area contributed by atoms with Crippen molar-refractivity contribution in [2.75, 3.05) is 27.9 Å². The molecule has 0 N–H and O–H groups in total. The van der Waals surface area contributed by atoms with Crippen LogP contribution in [-0.2, 0) is 16.1 Å². The number of hydrogen-bond donors (Lipinski definition) is 0. The zero-order valence-electron chi connectivity index (χ0n) is 24.9. The van der Waals surface area contributed by atoms with Crippen LogP contribution in [0.2, 0.25) is 0 Å². The van der Waals surface area contributed by atoms with Crippen LogP contribution in [0, 0.1) is 0 Å². The number of thiazole rings is 1. The summed E-state index contributed by atoms with van der Waals surface area (Å²) in [7, 11) is 4.66. The first-order valence-electron chi connectivity index (χ1n) is 13.8. The number of allylic oxidation sites excluding steroid dienone is 1. The van der Waals surface area contributed by atoms with E-state index in [1.807, 2.05) is 42.5 Å². The molecule has 2 heterocycles. The van der Waals surface area contributed by atoms with Gasteiger partial charge in [0.15, 0.2) is 27.8 Å². The van der Waals surface area contributed by atoms with Crippen molar-refractivity contribution in [3.8, 4) is 23.0 Å². The molecule has 0 fully saturated rings. The standard InChI is InChI=1S/C34H32N2O7S/c1-6-16-42-33(38)30-21(2)35-34-36(32(37)29(44-34)18-23-12-14-25(39-3)27(17-23)40-4)31(30)24-13-15-26(28(19-24)41-5)43-20-22-10-8-7-9-11-22/h6-15,17-19,31H,1,16,20H2,2-5H3. The Balaban J connectivity index is 1.62. The lowest BCUT2D eigenvalue weighted by molar-refractivity contribution is -0.138. The van der Waals surface area contributed by atoms with Crippen LogP contribution < -0.4 is 33.8 Å². The van der Waals surface area contributed by atoms with Crippen molar-refractivity contribution in [2.45, 2.75) is 19.6 Å². The van der Waals surface area contributed by atoms with Gasteiger partial charge in [0.05, 0.1) is 43.2 Å². The van der Waals surface area contributed by atoms with Crippen molar-refractivity contribution in [1.82, 2.24) is 4.57 Å². The van der Waals surface area contributed by atoms with Gasteiger partial charge in [0.2, 0.25) is 0 Å². The zero-order chi connectivity index (χ0) is 31.2. The van der Waals surface area contributed by atoms with Crippen molar-refractivity contribution in [1.29, 1.82) is 0 Å². The van der Waals surface area contributed by atoms with Gasteiger partial charge >= 0.3 is 5.97 Å². The Bertz CT molecular complexity index is 1910. The lowest BCUT2D eigenvalue weighted by Gasteiger charge is -2.25. The van der Waals surface area contributed by atoms with Gasteiger partial charge in [0.1, 0.15) is 13.2 Å². The Labute approximate surface area is 258 Å². The van der Waals surface area contributed by atoms with Gasteiger partial charge in [-0.1, -0.05) is 66.5 Å². The molecule has 0 amide bonds.